The lowest BCUT2D eigenvalue weighted by Crippen LogP contribution is -1.95. The minimum atomic E-state index is 0.860. The lowest BCUT2D eigenvalue weighted by atomic mass is 9.85. The second-order valence-electron chi connectivity index (χ2n) is 9.59. The molecule has 0 N–H and O–H groups in total. The fourth-order valence-corrected chi connectivity index (χ4v) is 5.41. The predicted octanol–water partition coefficient (Wildman–Crippen LogP) is 8.55. The molecule has 7 aromatic rings. The molecule has 0 aliphatic rings. The summed E-state index contributed by atoms with van der Waals surface area (Å²) in [7, 11) is 0. The number of hydrogen-bond acceptors (Lipinski definition) is 4. The van der Waals surface area contributed by atoms with Crippen LogP contribution in [0.5, 0.6) is 0 Å². The highest BCUT2D eigenvalue weighted by atomic mass is 14.8. The molecule has 39 heavy (non-hydrogen) atoms. The van der Waals surface area contributed by atoms with E-state index >= 15 is 0 Å². The molecule has 0 radical (unpaired) electrons. The molecule has 0 bridgehead atoms. The maximum Gasteiger partial charge on any atom is 0.0889 e. The zero-order valence-corrected chi connectivity index (χ0v) is 21.4. The molecule has 0 unspecified atom stereocenters. The van der Waals surface area contributed by atoms with E-state index in [2.05, 4.69) is 83.6 Å². The van der Waals surface area contributed by atoms with Gasteiger partial charge in [0.05, 0.1) is 22.8 Å². The monoisotopic (exact) mass is 500 g/mol. The number of aromatic nitrogens is 4. The quantitative estimate of drug-likeness (QED) is 0.227. The molecule has 4 heteroatoms. The number of pyridine rings is 4. The molecule has 7 rings (SSSR count). The van der Waals surface area contributed by atoms with Gasteiger partial charge in [-0.3, -0.25) is 19.9 Å². The molecular formula is C35H24N4. The van der Waals surface area contributed by atoms with Crippen molar-refractivity contribution in [2.45, 2.75) is 6.92 Å². The van der Waals surface area contributed by atoms with E-state index in [9.17, 15) is 0 Å². The van der Waals surface area contributed by atoms with E-state index in [1.165, 1.54) is 32.7 Å². The number of fused-ring (bicyclic) bond motifs is 2. The van der Waals surface area contributed by atoms with Gasteiger partial charge in [0.1, 0.15) is 0 Å². The molecule has 0 aliphatic heterocycles. The zero-order chi connectivity index (χ0) is 26.2. The molecule has 4 aromatic heterocycles. The van der Waals surface area contributed by atoms with Crippen LogP contribution in [-0.4, -0.2) is 19.9 Å². The Hall–Kier alpha value is -5.22. The third kappa shape index (κ3) is 4.03. The Bertz CT molecular complexity index is 1890. The van der Waals surface area contributed by atoms with Gasteiger partial charge < -0.3 is 0 Å². The van der Waals surface area contributed by atoms with Crippen LogP contribution in [0, 0.1) is 6.92 Å². The second-order valence-corrected chi connectivity index (χ2v) is 9.59. The molecule has 0 fully saturated rings. The SMILES string of the molecule is Cc1cc(-c2ccccn2)ncc1-c1c2ccccc2c(-c2ccc(-c3ccccn3)nc2)c2ccccc12. The molecule has 4 heterocycles. The van der Waals surface area contributed by atoms with Crippen LogP contribution in [0.3, 0.4) is 0 Å². The molecular weight excluding hydrogens is 476 g/mol. The fourth-order valence-electron chi connectivity index (χ4n) is 5.41. The van der Waals surface area contributed by atoms with Crippen molar-refractivity contribution in [1.29, 1.82) is 0 Å². The summed E-state index contributed by atoms with van der Waals surface area (Å²) in [6.07, 6.45) is 7.56. The summed E-state index contributed by atoms with van der Waals surface area (Å²) in [6.45, 7) is 2.15. The van der Waals surface area contributed by atoms with E-state index in [4.69, 9.17) is 9.97 Å². The first-order valence-corrected chi connectivity index (χ1v) is 13.0. The Labute approximate surface area is 226 Å². The van der Waals surface area contributed by atoms with Gasteiger partial charge in [-0.15, -0.1) is 0 Å². The Kier molecular flexibility index (Phi) is 5.64. The molecule has 0 saturated heterocycles. The second kappa shape index (κ2) is 9.58. The first-order valence-electron chi connectivity index (χ1n) is 13.0. The van der Waals surface area contributed by atoms with Crippen molar-refractivity contribution < 1.29 is 0 Å². The highest BCUT2D eigenvalue weighted by Crippen LogP contribution is 2.44. The first kappa shape index (κ1) is 22.9. The van der Waals surface area contributed by atoms with E-state index in [-0.39, 0.29) is 0 Å². The van der Waals surface area contributed by atoms with Crippen LogP contribution in [-0.2, 0) is 0 Å². The molecule has 0 amide bonds. The normalized spacial score (nSPS) is 11.2. The van der Waals surface area contributed by atoms with Gasteiger partial charge in [-0.2, -0.15) is 0 Å². The van der Waals surface area contributed by atoms with Crippen LogP contribution >= 0.6 is 0 Å². The number of rotatable bonds is 4. The van der Waals surface area contributed by atoms with Gasteiger partial charge in [-0.25, -0.2) is 0 Å². The van der Waals surface area contributed by atoms with E-state index in [0.29, 0.717) is 0 Å². The highest BCUT2D eigenvalue weighted by Gasteiger charge is 2.18. The predicted molar refractivity (Wildman–Crippen MR) is 159 cm³/mol. The van der Waals surface area contributed by atoms with E-state index in [1.54, 1.807) is 12.4 Å². The van der Waals surface area contributed by atoms with Crippen molar-refractivity contribution >= 4 is 21.5 Å². The third-order valence-corrected chi connectivity index (χ3v) is 7.22. The fraction of sp³-hybridized carbons (Fsp3) is 0.0286. The minimum absolute atomic E-state index is 0.860. The number of nitrogens with zero attached hydrogens (tertiary/aromatic N) is 4. The van der Waals surface area contributed by atoms with E-state index in [0.717, 1.165) is 39.5 Å². The lowest BCUT2D eigenvalue weighted by molar-refractivity contribution is 1.23. The van der Waals surface area contributed by atoms with Gasteiger partial charge >= 0.3 is 0 Å². The Morgan fingerprint density at radius 1 is 0.436 bits per heavy atom. The minimum Gasteiger partial charge on any atom is -0.255 e. The van der Waals surface area contributed by atoms with Gasteiger partial charge in [0, 0.05) is 35.9 Å². The van der Waals surface area contributed by atoms with E-state index < -0.39 is 0 Å². The molecule has 0 aliphatic carbocycles. The highest BCUT2D eigenvalue weighted by molar-refractivity contribution is 6.21. The smallest absolute Gasteiger partial charge is 0.0889 e. The first-order chi connectivity index (χ1) is 19.3. The van der Waals surface area contributed by atoms with Crippen LogP contribution < -0.4 is 0 Å². The number of hydrogen-bond donors (Lipinski definition) is 0. The summed E-state index contributed by atoms with van der Waals surface area (Å²) in [6, 6.07) is 35.4. The largest absolute Gasteiger partial charge is 0.255 e. The van der Waals surface area contributed by atoms with Gasteiger partial charge in [-0.05, 0) is 81.6 Å². The summed E-state index contributed by atoms with van der Waals surface area (Å²) >= 11 is 0. The van der Waals surface area contributed by atoms with Crippen molar-refractivity contribution in [2.24, 2.45) is 0 Å². The Morgan fingerprint density at radius 2 is 0.949 bits per heavy atom. The molecule has 0 spiro atoms. The third-order valence-electron chi connectivity index (χ3n) is 7.22. The summed E-state index contributed by atoms with van der Waals surface area (Å²) < 4.78 is 0. The van der Waals surface area contributed by atoms with Gasteiger partial charge in [0.2, 0.25) is 0 Å². The summed E-state index contributed by atoms with van der Waals surface area (Å²) in [5, 5.41) is 4.75. The molecule has 0 saturated carbocycles. The van der Waals surface area contributed by atoms with Gasteiger partial charge in [0.15, 0.2) is 0 Å². The number of aryl methyl sites for hydroxylation is 1. The van der Waals surface area contributed by atoms with Crippen molar-refractivity contribution in [3.63, 3.8) is 0 Å². The van der Waals surface area contributed by atoms with Crippen LogP contribution in [0.25, 0.3) is 66.6 Å². The maximum absolute atomic E-state index is 4.84. The lowest BCUT2D eigenvalue weighted by Gasteiger charge is -2.18. The maximum atomic E-state index is 4.84. The molecule has 0 atom stereocenters. The van der Waals surface area contributed by atoms with Crippen LogP contribution in [0.1, 0.15) is 5.56 Å². The zero-order valence-electron chi connectivity index (χ0n) is 21.4. The Balaban J connectivity index is 1.45. The standard InChI is InChI=1S/C35H24N4/c1-23-20-33(31-15-7-9-19-37-31)39-22-29(23)35-27-12-4-2-10-25(27)34(26-11-3-5-13-28(26)35)24-16-17-32(38-21-24)30-14-6-8-18-36-30/h2-22H,1H3. The van der Waals surface area contributed by atoms with Gasteiger partial charge in [0.25, 0.3) is 0 Å². The number of benzene rings is 3. The molecule has 184 valence electrons. The molecule has 4 nitrogen and oxygen atoms in total. The van der Waals surface area contributed by atoms with Crippen molar-refractivity contribution in [3.8, 4) is 45.0 Å². The van der Waals surface area contributed by atoms with Gasteiger partial charge in [-0.1, -0.05) is 66.7 Å². The average molecular weight is 501 g/mol. The summed E-state index contributed by atoms with van der Waals surface area (Å²) in [4.78, 5) is 18.6. The summed E-state index contributed by atoms with van der Waals surface area (Å²) in [5.41, 5.74) is 9.22. The van der Waals surface area contributed by atoms with Crippen molar-refractivity contribution in [1.82, 2.24) is 19.9 Å². The van der Waals surface area contributed by atoms with E-state index in [1.807, 2.05) is 48.8 Å². The van der Waals surface area contributed by atoms with Crippen molar-refractivity contribution in [3.05, 3.63) is 133 Å². The molecule has 3 aromatic carbocycles. The average Bonchev–Trinajstić information content (AvgIpc) is 3.01. The van der Waals surface area contributed by atoms with Crippen LogP contribution in [0.4, 0.5) is 0 Å². The topological polar surface area (TPSA) is 51.6 Å². The van der Waals surface area contributed by atoms with Crippen molar-refractivity contribution in [2.75, 3.05) is 0 Å². The Morgan fingerprint density at radius 3 is 1.46 bits per heavy atom. The van der Waals surface area contributed by atoms with Crippen LogP contribution in [0.2, 0.25) is 0 Å². The van der Waals surface area contributed by atoms with Crippen LogP contribution in [0.15, 0.2) is 128 Å². The summed E-state index contributed by atoms with van der Waals surface area (Å²) in [5.74, 6) is 0.